The van der Waals surface area contributed by atoms with Gasteiger partial charge in [0.15, 0.2) is 0 Å². The lowest BCUT2D eigenvalue weighted by molar-refractivity contribution is 0.229. The van der Waals surface area contributed by atoms with Gasteiger partial charge in [0.05, 0.1) is 6.20 Å². The third-order valence-corrected chi connectivity index (χ3v) is 3.52. The Hall–Kier alpha value is -0.870. The Morgan fingerprint density at radius 1 is 1.22 bits per heavy atom. The van der Waals surface area contributed by atoms with E-state index in [1.54, 1.807) is 0 Å². The summed E-state index contributed by atoms with van der Waals surface area (Å²) in [6.07, 6.45) is 9.44. The normalized spacial score (nSPS) is 17.2. The van der Waals surface area contributed by atoms with Gasteiger partial charge in [-0.05, 0) is 32.4 Å². The van der Waals surface area contributed by atoms with Crippen LogP contribution in [0.4, 0.5) is 0 Å². The van der Waals surface area contributed by atoms with Crippen molar-refractivity contribution in [2.24, 2.45) is 0 Å². The van der Waals surface area contributed by atoms with Gasteiger partial charge in [-0.2, -0.15) is 5.10 Å². The minimum atomic E-state index is 0.942. The summed E-state index contributed by atoms with van der Waals surface area (Å²) in [6, 6.07) is 0. The lowest BCUT2D eigenvalue weighted by Crippen LogP contribution is -2.35. The van der Waals surface area contributed by atoms with E-state index in [0.717, 1.165) is 26.1 Å². The molecule has 0 saturated carbocycles. The number of nitrogens with one attached hydrogen (secondary N) is 1. The van der Waals surface area contributed by atoms with Gasteiger partial charge in [0.1, 0.15) is 0 Å². The van der Waals surface area contributed by atoms with Crippen molar-refractivity contribution in [2.75, 3.05) is 26.2 Å². The van der Waals surface area contributed by atoms with Crippen LogP contribution in [-0.4, -0.2) is 40.9 Å². The summed E-state index contributed by atoms with van der Waals surface area (Å²) in [7, 11) is 0. The van der Waals surface area contributed by atoms with Crippen LogP contribution in [-0.2, 0) is 13.1 Å². The molecule has 4 heteroatoms. The lowest BCUT2D eigenvalue weighted by Gasteiger charge is -2.26. The highest BCUT2D eigenvalue weighted by Gasteiger charge is 2.08. The van der Waals surface area contributed by atoms with E-state index in [1.807, 2.05) is 10.9 Å². The minimum absolute atomic E-state index is 0.942. The maximum absolute atomic E-state index is 4.34. The van der Waals surface area contributed by atoms with Crippen LogP contribution in [0.3, 0.4) is 0 Å². The summed E-state index contributed by atoms with van der Waals surface area (Å²) < 4.78 is 2.03. The number of hydrogen-bond acceptors (Lipinski definition) is 3. The Morgan fingerprint density at radius 2 is 2.06 bits per heavy atom. The Morgan fingerprint density at radius 3 is 2.83 bits per heavy atom. The minimum Gasteiger partial charge on any atom is -0.311 e. The molecule has 0 radical (unpaired) electrons. The van der Waals surface area contributed by atoms with E-state index in [0.29, 0.717) is 0 Å². The highest BCUT2D eigenvalue weighted by Crippen LogP contribution is 2.07. The maximum atomic E-state index is 4.34. The van der Waals surface area contributed by atoms with E-state index < -0.39 is 0 Å². The molecule has 0 atom stereocenters. The van der Waals surface area contributed by atoms with E-state index >= 15 is 0 Å². The van der Waals surface area contributed by atoms with E-state index in [9.17, 15) is 0 Å². The number of aryl methyl sites for hydroxylation is 1. The van der Waals surface area contributed by atoms with Gasteiger partial charge in [0.2, 0.25) is 0 Å². The molecule has 0 amide bonds. The Balaban J connectivity index is 1.59. The zero-order valence-electron chi connectivity index (χ0n) is 11.6. The summed E-state index contributed by atoms with van der Waals surface area (Å²) in [4.78, 5) is 2.57. The molecule has 1 aliphatic rings. The first kappa shape index (κ1) is 13.6. The predicted molar refractivity (Wildman–Crippen MR) is 74.5 cm³/mol. The molecule has 0 unspecified atom stereocenters. The third-order valence-electron chi connectivity index (χ3n) is 3.52. The van der Waals surface area contributed by atoms with E-state index in [4.69, 9.17) is 0 Å². The zero-order chi connectivity index (χ0) is 12.6. The molecular formula is C14H26N4. The van der Waals surface area contributed by atoms with Crippen molar-refractivity contribution in [1.82, 2.24) is 20.0 Å². The van der Waals surface area contributed by atoms with Crippen LogP contribution in [0.25, 0.3) is 0 Å². The molecule has 18 heavy (non-hydrogen) atoms. The largest absolute Gasteiger partial charge is 0.311 e. The van der Waals surface area contributed by atoms with Crippen molar-refractivity contribution in [3.8, 4) is 0 Å². The predicted octanol–water partition coefficient (Wildman–Crippen LogP) is 1.87. The molecule has 1 fully saturated rings. The highest BCUT2D eigenvalue weighted by molar-refractivity contribution is 5.03. The Kier molecular flexibility index (Phi) is 5.68. The molecular weight excluding hydrogens is 224 g/mol. The number of nitrogens with zero attached hydrogens (tertiary/aromatic N) is 3. The standard InChI is InChI=1S/C14H26N4/c1-2-7-18-13-14(12-16-18)11-15-6-10-17-8-4-3-5-9-17/h12-13,15H,2-11H2,1H3. The molecule has 2 rings (SSSR count). The molecule has 0 bridgehead atoms. The lowest BCUT2D eigenvalue weighted by atomic mass is 10.1. The van der Waals surface area contributed by atoms with Crippen LogP contribution in [0, 0.1) is 0 Å². The number of aromatic nitrogens is 2. The van der Waals surface area contributed by atoms with Gasteiger partial charge >= 0.3 is 0 Å². The SMILES string of the molecule is CCCn1cc(CNCCN2CCCCC2)cn1. The summed E-state index contributed by atoms with van der Waals surface area (Å²) in [6.45, 7) is 8.98. The fraction of sp³-hybridized carbons (Fsp3) is 0.786. The van der Waals surface area contributed by atoms with Crippen LogP contribution in [0.5, 0.6) is 0 Å². The fourth-order valence-electron chi connectivity index (χ4n) is 2.50. The molecule has 0 spiro atoms. The molecule has 0 aliphatic carbocycles. The first-order valence-corrected chi connectivity index (χ1v) is 7.33. The van der Waals surface area contributed by atoms with Crippen molar-refractivity contribution in [3.05, 3.63) is 18.0 Å². The van der Waals surface area contributed by atoms with Crippen LogP contribution in [0.1, 0.15) is 38.2 Å². The molecule has 1 aromatic heterocycles. The van der Waals surface area contributed by atoms with E-state index in [2.05, 4.69) is 28.4 Å². The molecule has 1 saturated heterocycles. The Labute approximate surface area is 110 Å². The van der Waals surface area contributed by atoms with Gasteiger partial charge in [-0.1, -0.05) is 13.3 Å². The first-order valence-electron chi connectivity index (χ1n) is 7.33. The zero-order valence-corrected chi connectivity index (χ0v) is 11.6. The molecule has 4 nitrogen and oxygen atoms in total. The molecule has 0 aromatic carbocycles. The van der Waals surface area contributed by atoms with Crippen LogP contribution in [0.2, 0.25) is 0 Å². The van der Waals surface area contributed by atoms with Crippen LogP contribution >= 0.6 is 0 Å². The van der Waals surface area contributed by atoms with Gasteiger partial charge in [0, 0.05) is 37.9 Å². The summed E-state index contributed by atoms with van der Waals surface area (Å²) in [5.41, 5.74) is 1.29. The van der Waals surface area contributed by atoms with Crippen molar-refractivity contribution in [2.45, 2.75) is 45.7 Å². The highest BCUT2D eigenvalue weighted by atomic mass is 15.3. The second kappa shape index (κ2) is 7.54. The summed E-state index contributed by atoms with van der Waals surface area (Å²) in [5, 5.41) is 7.85. The topological polar surface area (TPSA) is 33.1 Å². The van der Waals surface area contributed by atoms with Gasteiger partial charge < -0.3 is 10.2 Å². The number of likely N-dealkylation sites (tertiary alicyclic amines) is 1. The summed E-state index contributed by atoms with van der Waals surface area (Å²) >= 11 is 0. The van der Waals surface area contributed by atoms with Gasteiger partial charge in [-0.15, -0.1) is 0 Å². The molecule has 2 heterocycles. The third kappa shape index (κ3) is 4.42. The van der Waals surface area contributed by atoms with E-state index in [1.165, 1.54) is 44.5 Å². The second-order valence-corrected chi connectivity index (χ2v) is 5.19. The molecule has 1 N–H and O–H groups in total. The van der Waals surface area contributed by atoms with Gasteiger partial charge in [-0.25, -0.2) is 0 Å². The van der Waals surface area contributed by atoms with Crippen molar-refractivity contribution in [1.29, 1.82) is 0 Å². The van der Waals surface area contributed by atoms with Gasteiger partial charge in [-0.3, -0.25) is 4.68 Å². The van der Waals surface area contributed by atoms with E-state index in [-0.39, 0.29) is 0 Å². The summed E-state index contributed by atoms with van der Waals surface area (Å²) in [5.74, 6) is 0. The van der Waals surface area contributed by atoms with Crippen molar-refractivity contribution in [3.63, 3.8) is 0 Å². The van der Waals surface area contributed by atoms with Crippen molar-refractivity contribution >= 4 is 0 Å². The quantitative estimate of drug-likeness (QED) is 0.750. The smallest absolute Gasteiger partial charge is 0.0534 e. The Bertz CT molecular complexity index is 328. The number of hydrogen-bond donors (Lipinski definition) is 1. The maximum Gasteiger partial charge on any atom is 0.0534 e. The number of piperidine rings is 1. The second-order valence-electron chi connectivity index (χ2n) is 5.19. The average molecular weight is 250 g/mol. The average Bonchev–Trinajstić information content (AvgIpc) is 2.84. The van der Waals surface area contributed by atoms with Gasteiger partial charge in [0.25, 0.3) is 0 Å². The fourth-order valence-corrected chi connectivity index (χ4v) is 2.50. The first-order chi connectivity index (χ1) is 8.88. The molecule has 102 valence electrons. The monoisotopic (exact) mass is 250 g/mol. The molecule has 1 aromatic rings. The van der Waals surface area contributed by atoms with Crippen LogP contribution in [0.15, 0.2) is 12.4 Å². The van der Waals surface area contributed by atoms with Crippen LogP contribution < -0.4 is 5.32 Å². The number of rotatable bonds is 7. The van der Waals surface area contributed by atoms with Crippen molar-refractivity contribution < 1.29 is 0 Å². The molecule has 1 aliphatic heterocycles.